The highest BCUT2D eigenvalue weighted by Gasteiger charge is 2.16. The lowest BCUT2D eigenvalue weighted by Gasteiger charge is -2.04. The molecule has 0 saturated heterocycles. The molecule has 0 amide bonds. The van der Waals surface area contributed by atoms with Crippen LogP contribution in [0.2, 0.25) is 0 Å². The molecule has 0 spiro atoms. The lowest BCUT2D eigenvalue weighted by atomic mass is 10.1. The average molecular weight is 380 g/mol. The molecule has 2 heterocycles. The first-order chi connectivity index (χ1) is 14.2. The Kier molecular flexibility index (Phi) is 4.13. The van der Waals surface area contributed by atoms with Gasteiger partial charge in [-0.25, -0.2) is 9.97 Å². The Morgan fingerprint density at radius 3 is 2.17 bits per heavy atom. The number of imidazole rings is 2. The van der Waals surface area contributed by atoms with Crippen molar-refractivity contribution < 1.29 is 4.74 Å². The molecule has 5 nitrogen and oxygen atoms in total. The van der Waals surface area contributed by atoms with Crippen LogP contribution in [-0.2, 0) is 0 Å². The number of fused-ring (bicyclic) bond motifs is 1. The first-order valence-corrected chi connectivity index (χ1v) is 9.48. The summed E-state index contributed by atoms with van der Waals surface area (Å²) in [4.78, 5) is 16.5. The van der Waals surface area contributed by atoms with E-state index in [4.69, 9.17) is 14.7 Å². The quantitative estimate of drug-likeness (QED) is 0.426. The van der Waals surface area contributed by atoms with Gasteiger partial charge in [0.05, 0.1) is 23.8 Å². The smallest absolute Gasteiger partial charge is 0.139 e. The van der Waals surface area contributed by atoms with Crippen LogP contribution in [-0.4, -0.2) is 27.0 Å². The second-order valence-corrected chi connectivity index (χ2v) is 6.94. The van der Waals surface area contributed by atoms with Crippen molar-refractivity contribution in [1.82, 2.24) is 19.9 Å². The van der Waals surface area contributed by atoms with Gasteiger partial charge in [0.25, 0.3) is 0 Å². The number of aromatic nitrogens is 4. The summed E-state index contributed by atoms with van der Waals surface area (Å²) < 4.78 is 5.33. The van der Waals surface area contributed by atoms with Gasteiger partial charge in [0.2, 0.25) is 0 Å². The van der Waals surface area contributed by atoms with Crippen LogP contribution in [0.3, 0.4) is 0 Å². The van der Waals surface area contributed by atoms with E-state index in [1.807, 2.05) is 48.5 Å². The van der Waals surface area contributed by atoms with Gasteiger partial charge in [-0.3, -0.25) is 0 Å². The van der Waals surface area contributed by atoms with Crippen LogP contribution in [0.25, 0.3) is 45.1 Å². The van der Waals surface area contributed by atoms with E-state index in [0.717, 1.165) is 56.5 Å². The molecule has 0 bridgehead atoms. The number of ether oxygens (including phenoxy) is 1. The summed E-state index contributed by atoms with van der Waals surface area (Å²) in [6, 6.07) is 24.2. The van der Waals surface area contributed by atoms with Gasteiger partial charge in [0.1, 0.15) is 17.4 Å². The maximum atomic E-state index is 5.33. The Labute approximate surface area is 168 Å². The summed E-state index contributed by atoms with van der Waals surface area (Å²) in [5.74, 6) is 2.43. The minimum absolute atomic E-state index is 0.801. The van der Waals surface area contributed by atoms with Crippen LogP contribution >= 0.6 is 0 Å². The number of aromatic amines is 2. The van der Waals surface area contributed by atoms with Crippen molar-refractivity contribution in [1.29, 1.82) is 0 Å². The summed E-state index contributed by atoms with van der Waals surface area (Å²) >= 11 is 0. The third kappa shape index (κ3) is 3.06. The summed E-state index contributed by atoms with van der Waals surface area (Å²) in [7, 11) is 1.66. The fourth-order valence-electron chi connectivity index (χ4n) is 3.60. The molecule has 0 atom stereocenters. The molecule has 29 heavy (non-hydrogen) atoms. The first-order valence-electron chi connectivity index (χ1n) is 9.48. The highest BCUT2D eigenvalue weighted by Crippen LogP contribution is 2.33. The zero-order valence-corrected chi connectivity index (χ0v) is 16.2. The number of nitrogens with one attached hydrogen (secondary N) is 2. The standard InChI is InChI=1S/C24H20N4O/c1-15-22(16-8-4-3-5-9-16)28-23(25-15)18-10-6-7-11-19(18)24-26-20-13-12-17(29-2)14-21(20)27-24/h3-14H,1-2H3,(H,25,28)(H,26,27). The third-order valence-electron chi connectivity index (χ3n) is 5.06. The fourth-order valence-corrected chi connectivity index (χ4v) is 3.60. The maximum absolute atomic E-state index is 5.33. The second-order valence-electron chi connectivity index (χ2n) is 6.94. The molecule has 0 aliphatic carbocycles. The zero-order valence-electron chi connectivity index (χ0n) is 16.2. The van der Waals surface area contributed by atoms with Crippen molar-refractivity contribution in [3.63, 3.8) is 0 Å². The van der Waals surface area contributed by atoms with E-state index in [9.17, 15) is 0 Å². The van der Waals surface area contributed by atoms with Gasteiger partial charge >= 0.3 is 0 Å². The van der Waals surface area contributed by atoms with Gasteiger partial charge in [-0.2, -0.15) is 0 Å². The number of rotatable bonds is 4. The van der Waals surface area contributed by atoms with Crippen LogP contribution in [0, 0.1) is 6.92 Å². The number of hydrogen-bond donors (Lipinski definition) is 2. The molecule has 5 rings (SSSR count). The molecule has 3 aromatic carbocycles. The number of nitrogens with zero attached hydrogens (tertiary/aromatic N) is 2. The molecule has 5 aromatic rings. The fraction of sp³-hybridized carbons (Fsp3) is 0.0833. The second kappa shape index (κ2) is 6.95. The summed E-state index contributed by atoms with van der Waals surface area (Å²) in [6.07, 6.45) is 0. The Bertz CT molecular complexity index is 1300. The summed E-state index contributed by atoms with van der Waals surface area (Å²) in [5, 5.41) is 0. The van der Waals surface area contributed by atoms with Crippen LogP contribution in [0.4, 0.5) is 0 Å². The number of H-pyrrole nitrogens is 2. The molecular weight excluding hydrogens is 360 g/mol. The predicted octanol–water partition coefficient (Wildman–Crippen LogP) is 5.60. The van der Waals surface area contributed by atoms with Gasteiger partial charge in [-0.15, -0.1) is 0 Å². The molecule has 0 aliphatic rings. The van der Waals surface area contributed by atoms with Crippen molar-refractivity contribution in [2.24, 2.45) is 0 Å². The van der Waals surface area contributed by atoms with Crippen molar-refractivity contribution in [2.75, 3.05) is 7.11 Å². The third-order valence-corrected chi connectivity index (χ3v) is 5.06. The largest absolute Gasteiger partial charge is 0.497 e. The minimum Gasteiger partial charge on any atom is -0.497 e. The van der Waals surface area contributed by atoms with Crippen LogP contribution < -0.4 is 4.74 Å². The number of methoxy groups -OCH3 is 1. The molecule has 0 unspecified atom stereocenters. The van der Waals surface area contributed by atoms with E-state index in [0.29, 0.717) is 0 Å². The lowest BCUT2D eigenvalue weighted by molar-refractivity contribution is 0.415. The van der Waals surface area contributed by atoms with Crippen LogP contribution in [0.1, 0.15) is 5.69 Å². The predicted molar refractivity (Wildman–Crippen MR) is 116 cm³/mol. The van der Waals surface area contributed by atoms with E-state index in [1.165, 1.54) is 0 Å². The van der Waals surface area contributed by atoms with E-state index in [2.05, 4.69) is 41.2 Å². The normalized spacial score (nSPS) is 11.1. The van der Waals surface area contributed by atoms with Gasteiger partial charge in [0, 0.05) is 28.5 Å². The maximum Gasteiger partial charge on any atom is 0.139 e. The number of benzene rings is 3. The SMILES string of the molecule is COc1ccc2nc(-c3ccccc3-c3nc(-c4ccccc4)c(C)[nH]3)[nH]c2c1. The van der Waals surface area contributed by atoms with E-state index >= 15 is 0 Å². The Morgan fingerprint density at radius 2 is 1.45 bits per heavy atom. The monoisotopic (exact) mass is 380 g/mol. The van der Waals surface area contributed by atoms with Crippen molar-refractivity contribution >= 4 is 11.0 Å². The molecule has 0 radical (unpaired) electrons. The molecular formula is C24H20N4O. The number of hydrogen-bond acceptors (Lipinski definition) is 3. The average Bonchev–Trinajstić information content (AvgIpc) is 3.37. The van der Waals surface area contributed by atoms with Crippen molar-refractivity contribution in [3.8, 4) is 39.8 Å². The molecule has 0 fully saturated rings. The van der Waals surface area contributed by atoms with E-state index < -0.39 is 0 Å². The Balaban J connectivity index is 1.62. The van der Waals surface area contributed by atoms with E-state index in [1.54, 1.807) is 7.11 Å². The van der Waals surface area contributed by atoms with Crippen molar-refractivity contribution in [2.45, 2.75) is 6.92 Å². The van der Waals surface area contributed by atoms with Crippen LogP contribution in [0.5, 0.6) is 5.75 Å². The number of aryl methyl sites for hydroxylation is 1. The molecule has 2 N–H and O–H groups in total. The Morgan fingerprint density at radius 1 is 0.759 bits per heavy atom. The molecule has 0 saturated carbocycles. The molecule has 5 heteroatoms. The zero-order chi connectivity index (χ0) is 19.8. The van der Waals surface area contributed by atoms with Gasteiger partial charge in [0.15, 0.2) is 0 Å². The summed E-state index contributed by atoms with van der Waals surface area (Å²) in [5.41, 5.74) is 6.94. The lowest BCUT2D eigenvalue weighted by Crippen LogP contribution is -1.88. The van der Waals surface area contributed by atoms with Crippen molar-refractivity contribution in [3.05, 3.63) is 78.5 Å². The Hall–Kier alpha value is -3.86. The highest BCUT2D eigenvalue weighted by molar-refractivity contribution is 5.85. The first kappa shape index (κ1) is 17.3. The summed E-state index contributed by atoms with van der Waals surface area (Å²) in [6.45, 7) is 2.05. The van der Waals surface area contributed by atoms with Gasteiger partial charge in [-0.1, -0.05) is 54.6 Å². The topological polar surface area (TPSA) is 66.6 Å². The highest BCUT2D eigenvalue weighted by atomic mass is 16.5. The van der Waals surface area contributed by atoms with E-state index in [-0.39, 0.29) is 0 Å². The molecule has 0 aliphatic heterocycles. The molecule has 2 aromatic heterocycles. The molecule has 142 valence electrons. The van der Waals surface area contributed by atoms with Crippen LogP contribution in [0.15, 0.2) is 72.8 Å². The van der Waals surface area contributed by atoms with Gasteiger partial charge in [-0.05, 0) is 19.1 Å². The van der Waals surface area contributed by atoms with Gasteiger partial charge < -0.3 is 14.7 Å². The minimum atomic E-state index is 0.801.